The number of aliphatic hydroxyl groups excluding tert-OH is 1. The molecule has 7 nitrogen and oxygen atoms in total. The van der Waals surface area contributed by atoms with E-state index in [2.05, 4.69) is 5.32 Å². The molecule has 0 bridgehead atoms. The summed E-state index contributed by atoms with van der Waals surface area (Å²) in [6.07, 6.45) is 1.48. The topological polar surface area (TPSA) is 82.0 Å². The third-order valence-corrected chi connectivity index (χ3v) is 4.41. The average molecular weight is 376 g/mol. The van der Waals surface area contributed by atoms with Crippen molar-refractivity contribution in [3.8, 4) is 11.5 Å². The van der Waals surface area contributed by atoms with Crippen molar-refractivity contribution in [1.29, 1.82) is 0 Å². The van der Waals surface area contributed by atoms with Crippen molar-refractivity contribution >= 4 is 16.6 Å². The molecule has 2 aromatic rings. The highest BCUT2D eigenvalue weighted by Crippen LogP contribution is 2.36. The normalized spacial score (nSPS) is 16.0. The lowest BCUT2D eigenvalue weighted by atomic mass is 10.1. The minimum Gasteiger partial charge on any atom is -0.493 e. The van der Waals surface area contributed by atoms with Crippen molar-refractivity contribution in [2.45, 2.75) is 58.6 Å². The standard InChI is InChI=1S/C20H28N2O5/c1-20(2,3)27-19(24)21-14-12-13-8-9-15(25-4)17-16(13)22(18(14)23)10-6-5-7-11-26-17/h8-9,12,19,21,24H,5-7,10-11H2,1-4H3. The van der Waals surface area contributed by atoms with Gasteiger partial charge in [-0.1, -0.05) is 0 Å². The summed E-state index contributed by atoms with van der Waals surface area (Å²) in [5, 5.41) is 13.8. The van der Waals surface area contributed by atoms with Crippen LogP contribution in [0.1, 0.15) is 40.0 Å². The van der Waals surface area contributed by atoms with E-state index in [0.29, 0.717) is 24.7 Å². The minimum absolute atomic E-state index is 0.223. The number of aliphatic hydroxyl groups is 1. The van der Waals surface area contributed by atoms with E-state index in [1.165, 1.54) is 0 Å². The second-order valence-corrected chi connectivity index (χ2v) is 7.69. The molecule has 0 fully saturated rings. The van der Waals surface area contributed by atoms with Gasteiger partial charge in [0.2, 0.25) is 6.41 Å². The molecule has 0 aliphatic carbocycles. The van der Waals surface area contributed by atoms with Crippen molar-refractivity contribution < 1.29 is 19.3 Å². The Kier molecular flexibility index (Phi) is 5.62. The van der Waals surface area contributed by atoms with Crippen LogP contribution in [0.2, 0.25) is 0 Å². The number of aromatic nitrogens is 1. The number of ether oxygens (including phenoxy) is 3. The van der Waals surface area contributed by atoms with Crippen LogP contribution in [0.5, 0.6) is 11.5 Å². The molecule has 1 aliphatic rings. The van der Waals surface area contributed by atoms with Crippen molar-refractivity contribution in [2.75, 3.05) is 19.0 Å². The average Bonchev–Trinajstić information content (AvgIpc) is 2.69. The number of nitrogens with one attached hydrogen (secondary N) is 1. The van der Waals surface area contributed by atoms with Crippen LogP contribution in [0.3, 0.4) is 0 Å². The fraction of sp³-hybridized carbons (Fsp3) is 0.550. The van der Waals surface area contributed by atoms with Gasteiger partial charge in [-0.15, -0.1) is 0 Å². The summed E-state index contributed by atoms with van der Waals surface area (Å²) in [5.74, 6) is 1.20. The van der Waals surface area contributed by atoms with Crippen molar-refractivity contribution in [3.63, 3.8) is 0 Å². The first kappa shape index (κ1) is 19.5. The van der Waals surface area contributed by atoms with Gasteiger partial charge in [0.05, 0.1) is 24.8 Å². The van der Waals surface area contributed by atoms with Crippen LogP contribution in [0.4, 0.5) is 5.69 Å². The monoisotopic (exact) mass is 376 g/mol. The van der Waals surface area contributed by atoms with E-state index >= 15 is 0 Å². The molecule has 1 aromatic carbocycles. The lowest BCUT2D eigenvalue weighted by molar-refractivity contribution is -0.148. The number of methoxy groups -OCH3 is 1. The summed E-state index contributed by atoms with van der Waals surface area (Å²) >= 11 is 0. The van der Waals surface area contributed by atoms with E-state index in [4.69, 9.17) is 14.2 Å². The van der Waals surface area contributed by atoms with Crippen LogP contribution in [0.15, 0.2) is 23.0 Å². The molecule has 0 amide bonds. The first-order chi connectivity index (χ1) is 12.8. The Balaban J connectivity index is 2.12. The van der Waals surface area contributed by atoms with E-state index in [9.17, 15) is 9.90 Å². The van der Waals surface area contributed by atoms with Crippen LogP contribution < -0.4 is 20.3 Å². The number of hydrogen-bond donors (Lipinski definition) is 2. The maximum Gasteiger partial charge on any atom is 0.274 e. The Hall–Kier alpha value is -2.25. The number of aryl methyl sites for hydroxylation is 1. The number of nitrogens with zero attached hydrogens (tertiary/aromatic N) is 1. The Morgan fingerprint density at radius 2 is 2.04 bits per heavy atom. The highest BCUT2D eigenvalue weighted by molar-refractivity contribution is 5.90. The lowest BCUT2D eigenvalue weighted by Gasteiger charge is -2.25. The molecule has 1 aliphatic heterocycles. The maximum absolute atomic E-state index is 13.1. The molecule has 1 unspecified atom stereocenters. The zero-order valence-corrected chi connectivity index (χ0v) is 16.4. The third kappa shape index (κ3) is 4.36. The fourth-order valence-electron chi connectivity index (χ4n) is 3.26. The predicted molar refractivity (Wildman–Crippen MR) is 105 cm³/mol. The SMILES string of the molecule is COc1ccc2cc(NC(O)OC(C)(C)C)c(=O)n3c2c1OCCCCC3. The molecule has 2 heterocycles. The third-order valence-electron chi connectivity index (χ3n) is 4.41. The van der Waals surface area contributed by atoms with Gasteiger partial charge in [0, 0.05) is 11.9 Å². The van der Waals surface area contributed by atoms with E-state index in [1.54, 1.807) is 17.7 Å². The molecule has 0 saturated heterocycles. The Bertz CT molecular complexity index is 869. The molecular weight excluding hydrogens is 348 g/mol. The van der Waals surface area contributed by atoms with Gasteiger partial charge < -0.3 is 29.2 Å². The van der Waals surface area contributed by atoms with Gasteiger partial charge in [0.25, 0.3) is 5.56 Å². The first-order valence-electron chi connectivity index (χ1n) is 9.30. The molecule has 0 saturated carbocycles. The van der Waals surface area contributed by atoms with Gasteiger partial charge in [-0.25, -0.2) is 0 Å². The summed E-state index contributed by atoms with van der Waals surface area (Å²) in [7, 11) is 1.59. The van der Waals surface area contributed by atoms with E-state index < -0.39 is 12.0 Å². The number of rotatable bonds is 4. The van der Waals surface area contributed by atoms with Crippen LogP contribution >= 0.6 is 0 Å². The number of pyridine rings is 1. The molecular formula is C20H28N2O5. The van der Waals surface area contributed by atoms with Gasteiger partial charge in [0.15, 0.2) is 11.5 Å². The van der Waals surface area contributed by atoms with Crippen LogP contribution in [-0.2, 0) is 11.3 Å². The Morgan fingerprint density at radius 3 is 2.74 bits per heavy atom. The van der Waals surface area contributed by atoms with E-state index in [0.717, 1.165) is 30.2 Å². The van der Waals surface area contributed by atoms with Crippen LogP contribution in [0, 0.1) is 0 Å². The van der Waals surface area contributed by atoms with Crippen LogP contribution in [-0.4, -0.2) is 35.4 Å². The summed E-state index contributed by atoms with van der Waals surface area (Å²) in [6, 6.07) is 5.43. The van der Waals surface area contributed by atoms with E-state index in [1.807, 2.05) is 32.9 Å². The molecule has 148 valence electrons. The van der Waals surface area contributed by atoms with Crippen LogP contribution in [0.25, 0.3) is 10.9 Å². The van der Waals surface area contributed by atoms with Crippen molar-refractivity contribution in [3.05, 3.63) is 28.6 Å². The highest BCUT2D eigenvalue weighted by atomic mass is 16.6. The van der Waals surface area contributed by atoms with Gasteiger partial charge >= 0.3 is 0 Å². The van der Waals surface area contributed by atoms with Gasteiger partial charge in [0.1, 0.15) is 5.69 Å². The van der Waals surface area contributed by atoms with Gasteiger partial charge in [-0.05, 0) is 58.2 Å². The molecule has 7 heteroatoms. The molecule has 1 atom stereocenters. The summed E-state index contributed by atoms with van der Waals surface area (Å²) in [6.45, 7) is 6.66. The maximum atomic E-state index is 13.1. The van der Waals surface area contributed by atoms with Crippen molar-refractivity contribution in [1.82, 2.24) is 4.57 Å². The zero-order chi connectivity index (χ0) is 19.6. The lowest BCUT2D eigenvalue weighted by Crippen LogP contribution is -2.35. The second kappa shape index (κ2) is 7.78. The number of benzene rings is 1. The molecule has 3 rings (SSSR count). The molecule has 2 N–H and O–H groups in total. The summed E-state index contributed by atoms with van der Waals surface area (Å²) in [4.78, 5) is 13.1. The second-order valence-electron chi connectivity index (χ2n) is 7.69. The summed E-state index contributed by atoms with van der Waals surface area (Å²) < 4.78 is 18.6. The quantitative estimate of drug-likeness (QED) is 0.798. The molecule has 1 aromatic heterocycles. The minimum atomic E-state index is -1.28. The Labute approximate surface area is 158 Å². The van der Waals surface area contributed by atoms with Gasteiger partial charge in [-0.3, -0.25) is 4.79 Å². The Morgan fingerprint density at radius 1 is 1.26 bits per heavy atom. The molecule has 27 heavy (non-hydrogen) atoms. The molecule has 0 radical (unpaired) electrons. The highest BCUT2D eigenvalue weighted by Gasteiger charge is 2.21. The summed E-state index contributed by atoms with van der Waals surface area (Å²) in [5.41, 5.74) is 0.238. The smallest absolute Gasteiger partial charge is 0.274 e. The largest absolute Gasteiger partial charge is 0.493 e. The van der Waals surface area contributed by atoms with Gasteiger partial charge in [-0.2, -0.15) is 0 Å². The number of anilines is 1. The van der Waals surface area contributed by atoms with E-state index in [-0.39, 0.29) is 11.2 Å². The fourth-order valence-corrected chi connectivity index (χ4v) is 3.26. The molecule has 0 spiro atoms. The zero-order valence-electron chi connectivity index (χ0n) is 16.4. The number of hydrogen-bond acceptors (Lipinski definition) is 6. The van der Waals surface area contributed by atoms with Crippen molar-refractivity contribution in [2.24, 2.45) is 0 Å². The predicted octanol–water partition coefficient (Wildman–Crippen LogP) is 3.08. The first-order valence-corrected chi connectivity index (χ1v) is 9.30.